The van der Waals surface area contributed by atoms with Crippen molar-refractivity contribution in [2.24, 2.45) is 0 Å². The number of nitrogens with zero attached hydrogens (tertiary/aromatic N) is 2. The van der Waals surface area contributed by atoms with E-state index < -0.39 is 0 Å². The Hall–Kier alpha value is -1.61. The first-order valence-corrected chi connectivity index (χ1v) is 5.86. The van der Waals surface area contributed by atoms with Crippen molar-refractivity contribution >= 4 is 22.5 Å². The van der Waals surface area contributed by atoms with Gasteiger partial charge in [0.2, 0.25) is 0 Å². The molecule has 0 aliphatic rings. The number of aromatic nitrogens is 2. The number of halogens is 1. The fourth-order valence-corrected chi connectivity index (χ4v) is 1.85. The minimum absolute atomic E-state index is 0.233. The van der Waals surface area contributed by atoms with Gasteiger partial charge in [-0.2, -0.15) is 4.98 Å². The lowest BCUT2D eigenvalue weighted by Gasteiger charge is -2.05. The lowest BCUT2D eigenvalue weighted by molar-refractivity contribution is 0.619. The number of benzene rings is 1. The third-order valence-electron chi connectivity index (χ3n) is 2.56. The zero-order valence-electron chi connectivity index (χ0n) is 9.40. The van der Waals surface area contributed by atoms with Crippen LogP contribution in [0.5, 0.6) is 0 Å². The number of allylic oxidation sites excluding steroid dienone is 1. The van der Waals surface area contributed by atoms with Crippen molar-refractivity contribution in [1.82, 2.24) is 9.55 Å². The molecule has 1 aromatic carbocycles. The van der Waals surface area contributed by atoms with Gasteiger partial charge in [-0.15, -0.1) is 6.58 Å². The van der Waals surface area contributed by atoms with Crippen LogP contribution in [-0.4, -0.2) is 9.55 Å². The van der Waals surface area contributed by atoms with Gasteiger partial charge in [0.05, 0.1) is 5.52 Å². The number of fused-ring (bicyclic) bond motifs is 1. The first-order chi connectivity index (χ1) is 8.20. The Morgan fingerprint density at radius 2 is 2.29 bits per heavy atom. The Morgan fingerprint density at radius 3 is 3.06 bits per heavy atom. The van der Waals surface area contributed by atoms with Gasteiger partial charge in [-0.05, 0) is 31.0 Å². The largest absolute Gasteiger partial charge is 0.348 e. The van der Waals surface area contributed by atoms with Crippen LogP contribution in [0.3, 0.4) is 0 Å². The summed E-state index contributed by atoms with van der Waals surface area (Å²) in [6, 6.07) is 5.37. The Bertz CT molecular complexity index is 604. The summed E-state index contributed by atoms with van der Waals surface area (Å²) in [5.74, 6) is 0. The predicted octanol–water partition coefficient (Wildman–Crippen LogP) is 3.02. The molecule has 3 nitrogen and oxygen atoms in total. The lowest BCUT2D eigenvalue weighted by Crippen LogP contribution is -2.22. The molecule has 0 saturated carbocycles. The Morgan fingerprint density at radius 1 is 1.47 bits per heavy atom. The maximum atomic E-state index is 11.7. The van der Waals surface area contributed by atoms with E-state index in [2.05, 4.69) is 11.6 Å². The van der Waals surface area contributed by atoms with Crippen LogP contribution < -0.4 is 5.69 Å². The highest BCUT2D eigenvalue weighted by Crippen LogP contribution is 2.15. The summed E-state index contributed by atoms with van der Waals surface area (Å²) in [7, 11) is 0. The van der Waals surface area contributed by atoms with E-state index in [1.54, 1.807) is 16.7 Å². The van der Waals surface area contributed by atoms with E-state index in [-0.39, 0.29) is 5.69 Å². The molecule has 0 radical (unpaired) electrons. The van der Waals surface area contributed by atoms with E-state index in [0.29, 0.717) is 17.1 Å². The van der Waals surface area contributed by atoms with Gasteiger partial charge in [0, 0.05) is 23.2 Å². The second-order valence-corrected chi connectivity index (χ2v) is 4.29. The van der Waals surface area contributed by atoms with Crippen molar-refractivity contribution in [3.8, 4) is 0 Å². The number of unbranched alkanes of at least 4 members (excludes halogenated alkanes) is 1. The molecule has 0 bridgehead atoms. The summed E-state index contributed by atoms with van der Waals surface area (Å²) in [6.07, 6.45) is 5.46. The number of hydrogen-bond acceptors (Lipinski definition) is 2. The SMILES string of the molecule is C=CCCCn1cc2ccc(Cl)cc2nc1=O. The summed E-state index contributed by atoms with van der Waals surface area (Å²) in [5, 5.41) is 1.52. The van der Waals surface area contributed by atoms with E-state index in [0.717, 1.165) is 18.2 Å². The van der Waals surface area contributed by atoms with Crippen molar-refractivity contribution in [2.45, 2.75) is 19.4 Å². The van der Waals surface area contributed by atoms with Crippen LogP contribution in [0.15, 0.2) is 41.8 Å². The topological polar surface area (TPSA) is 34.9 Å². The van der Waals surface area contributed by atoms with Crippen LogP contribution in [0.1, 0.15) is 12.8 Å². The summed E-state index contributed by atoms with van der Waals surface area (Å²) in [4.78, 5) is 15.7. The van der Waals surface area contributed by atoms with Gasteiger partial charge in [0.1, 0.15) is 0 Å². The van der Waals surface area contributed by atoms with Crippen molar-refractivity contribution in [3.63, 3.8) is 0 Å². The number of hydrogen-bond donors (Lipinski definition) is 0. The quantitative estimate of drug-likeness (QED) is 0.616. The molecule has 0 atom stereocenters. The molecule has 0 N–H and O–H groups in total. The van der Waals surface area contributed by atoms with Crippen LogP contribution in [0.25, 0.3) is 10.9 Å². The molecule has 1 aromatic heterocycles. The Labute approximate surface area is 104 Å². The van der Waals surface area contributed by atoms with Crippen LogP contribution in [0.2, 0.25) is 5.02 Å². The minimum Gasteiger partial charge on any atom is -0.299 e. The van der Waals surface area contributed by atoms with E-state index in [4.69, 9.17) is 11.6 Å². The van der Waals surface area contributed by atoms with E-state index in [1.807, 2.05) is 18.3 Å². The highest BCUT2D eigenvalue weighted by molar-refractivity contribution is 6.31. The molecule has 17 heavy (non-hydrogen) atoms. The lowest BCUT2D eigenvalue weighted by atomic mass is 10.2. The molecular formula is C13H13ClN2O. The van der Waals surface area contributed by atoms with Gasteiger partial charge in [0.25, 0.3) is 0 Å². The van der Waals surface area contributed by atoms with Crippen LogP contribution in [-0.2, 0) is 6.54 Å². The Balaban J connectivity index is 2.38. The molecule has 2 rings (SSSR count). The maximum Gasteiger partial charge on any atom is 0.348 e. The summed E-state index contributed by atoms with van der Waals surface area (Å²) < 4.78 is 1.62. The van der Waals surface area contributed by atoms with Crippen LogP contribution in [0.4, 0.5) is 0 Å². The molecule has 0 unspecified atom stereocenters. The fraction of sp³-hybridized carbons (Fsp3) is 0.231. The molecule has 0 saturated heterocycles. The summed E-state index contributed by atoms with van der Waals surface area (Å²) >= 11 is 5.85. The van der Waals surface area contributed by atoms with Gasteiger partial charge in [-0.3, -0.25) is 4.57 Å². The Kier molecular flexibility index (Phi) is 3.59. The van der Waals surface area contributed by atoms with Crippen molar-refractivity contribution in [1.29, 1.82) is 0 Å². The van der Waals surface area contributed by atoms with Crippen molar-refractivity contribution < 1.29 is 0 Å². The van der Waals surface area contributed by atoms with Crippen molar-refractivity contribution in [2.75, 3.05) is 0 Å². The van der Waals surface area contributed by atoms with E-state index in [9.17, 15) is 4.79 Å². The second kappa shape index (κ2) is 5.15. The number of aryl methyl sites for hydroxylation is 1. The predicted molar refractivity (Wildman–Crippen MR) is 70.4 cm³/mol. The van der Waals surface area contributed by atoms with Crippen LogP contribution in [0, 0.1) is 0 Å². The average molecular weight is 249 g/mol. The van der Waals surface area contributed by atoms with Gasteiger partial charge in [0.15, 0.2) is 0 Å². The number of rotatable bonds is 4. The standard InChI is InChI=1S/C13H13ClN2O/c1-2-3-4-7-16-9-10-5-6-11(14)8-12(10)15-13(16)17/h2,5-6,8-9H,1,3-4,7H2. The first kappa shape index (κ1) is 11.9. The van der Waals surface area contributed by atoms with Gasteiger partial charge < -0.3 is 0 Å². The zero-order chi connectivity index (χ0) is 12.3. The molecule has 0 amide bonds. The monoisotopic (exact) mass is 248 g/mol. The molecule has 0 spiro atoms. The van der Waals surface area contributed by atoms with Gasteiger partial charge in [-0.25, -0.2) is 4.79 Å². The molecule has 1 heterocycles. The zero-order valence-corrected chi connectivity index (χ0v) is 10.2. The summed E-state index contributed by atoms with van der Waals surface area (Å²) in [5.41, 5.74) is 0.409. The third-order valence-corrected chi connectivity index (χ3v) is 2.79. The average Bonchev–Trinajstić information content (AvgIpc) is 2.30. The molecular weight excluding hydrogens is 236 g/mol. The van der Waals surface area contributed by atoms with Gasteiger partial charge >= 0.3 is 5.69 Å². The van der Waals surface area contributed by atoms with E-state index in [1.165, 1.54) is 0 Å². The highest BCUT2D eigenvalue weighted by atomic mass is 35.5. The maximum absolute atomic E-state index is 11.7. The van der Waals surface area contributed by atoms with Gasteiger partial charge in [-0.1, -0.05) is 17.7 Å². The molecule has 0 fully saturated rings. The minimum atomic E-state index is -0.233. The molecule has 4 heteroatoms. The fourth-order valence-electron chi connectivity index (χ4n) is 1.68. The molecule has 0 aliphatic heterocycles. The molecule has 88 valence electrons. The molecule has 0 aliphatic carbocycles. The van der Waals surface area contributed by atoms with Crippen LogP contribution >= 0.6 is 11.6 Å². The van der Waals surface area contributed by atoms with Crippen molar-refractivity contribution in [3.05, 3.63) is 52.6 Å². The first-order valence-electron chi connectivity index (χ1n) is 5.48. The highest BCUT2D eigenvalue weighted by Gasteiger charge is 2.01. The smallest absolute Gasteiger partial charge is 0.299 e. The third kappa shape index (κ3) is 2.74. The normalized spacial score (nSPS) is 10.6. The molecule has 2 aromatic rings. The summed E-state index contributed by atoms with van der Waals surface area (Å²) in [6.45, 7) is 4.32. The van der Waals surface area contributed by atoms with E-state index >= 15 is 0 Å². The second-order valence-electron chi connectivity index (χ2n) is 3.85.